The summed E-state index contributed by atoms with van der Waals surface area (Å²) in [6.07, 6.45) is 12.2. The van der Waals surface area contributed by atoms with E-state index < -0.39 is 0 Å². The van der Waals surface area contributed by atoms with Gasteiger partial charge in [0.05, 0.1) is 0 Å². The van der Waals surface area contributed by atoms with Crippen molar-refractivity contribution in [3.8, 4) is 0 Å². The molecule has 0 bridgehead atoms. The van der Waals surface area contributed by atoms with Gasteiger partial charge in [-0.05, 0) is 12.8 Å². The van der Waals surface area contributed by atoms with E-state index in [4.69, 9.17) is 4.74 Å². The minimum Gasteiger partial charge on any atom is -0.381 e. The molecule has 0 N–H and O–H groups in total. The molecule has 15 heavy (non-hydrogen) atoms. The second kappa shape index (κ2) is 14.4. The van der Waals surface area contributed by atoms with E-state index in [0.29, 0.717) is 0 Å². The number of alkyl halides is 1. The largest absolute Gasteiger partial charge is 0.381 e. The first-order chi connectivity index (χ1) is 7.41. The molecule has 1 nitrogen and oxygen atoms in total. The van der Waals surface area contributed by atoms with Crippen LogP contribution in [-0.4, -0.2) is 18.5 Å². The first-order valence-corrected chi connectivity index (χ1v) is 7.67. The lowest BCUT2D eigenvalue weighted by Gasteiger charge is -2.03. The highest BCUT2D eigenvalue weighted by Crippen LogP contribution is 2.08. The van der Waals surface area contributed by atoms with Gasteiger partial charge in [-0.2, -0.15) is 0 Å². The molecule has 0 aliphatic rings. The van der Waals surface area contributed by atoms with E-state index in [9.17, 15) is 0 Å². The van der Waals surface area contributed by atoms with Crippen LogP contribution in [0.5, 0.6) is 0 Å². The highest BCUT2D eigenvalue weighted by molar-refractivity contribution is 9.09. The number of unbranched alkanes of at least 4 members (excludes halogenated alkanes) is 7. The predicted molar refractivity (Wildman–Crippen MR) is 71.8 cm³/mol. The minimum absolute atomic E-state index is 0.918. The highest BCUT2D eigenvalue weighted by atomic mass is 79.9. The quantitative estimate of drug-likeness (QED) is 0.363. The molecule has 0 aliphatic heterocycles. The fourth-order valence-corrected chi connectivity index (χ4v) is 1.83. The summed E-state index contributed by atoms with van der Waals surface area (Å²) < 4.78 is 5.49. The summed E-state index contributed by atoms with van der Waals surface area (Å²) in [6.45, 7) is 4.15. The Kier molecular flexibility index (Phi) is 14.9. The molecule has 0 atom stereocenters. The van der Waals surface area contributed by atoms with Gasteiger partial charge < -0.3 is 4.74 Å². The van der Waals surface area contributed by atoms with Crippen molar-refractivity contribution in [3.05, 3.63) is 0 Å². The summed E-state index contributed by atoms with van der Waals surface area (Å²) in [4.78, 5) is 0. The van der Waals surface area contributed by atoms with Gasteiger partial charge in [0.1, 0.15) is 0 Å². The van der Waals surface area contributed by atoms with Crippen LogP contribution in [0.3, 0.4) is 0 Å². The van der Waals surface area contributed by atoms with Crippen LogP contribution < -0.4 is 0 Å². The Bertz CT molecular complexity index is 94.7. The van der Waals surface area contributed by atoms with E-state index in [1.165, 1.54) is 51.4 Å². The fraction of sp³-hybridized carbons (Fsp3) is 1.00. The number of halogens is 1. The fourth-order valence-electron chi connectivity index (χ4n) is 1.60. The Balaban J connectivity index is 2.81. The Morgan fingerprint density at radius 1 is 0.733 bits per heavy atom. The third kappa shape index (κ3) is 14.4. The van der Waals surface area contributed by atoms with Gasteiger partial charge in [-0.1, -0.05) is 67.8 Å². The molecule has 0 rings (SSSR count). The van der Waals surface area contributed by atoms with Crippen molar-refractivity contribution in [3.63, 3.8) is 0 Å². The summed E-state index contributed by atoms with van der Waals surface area (Å²) in [5.41, 5.74) is 0. The van der Waals surface area contributed by atoms with Crippen molar-refractivity contribution in [2.75, 3.05) is 18.5 Å². The molecule has 0 heterocycles. The SMILES string of the molecule is CCCCCCCCCCOCCCBr. The normalized spacial score (nSPS) is 10.8. The zero-order valence-electron chi connectivity index (χ0n) is 10.3. The molecule has 0 unspecified atom stereocenters. The second-order valence-corrected chi connectivity index (χ2v) is 4.92. The molecule has 0 aromatic rings. The van der Waals surface area contributed by atoms with Crippen molar-refractivity contribution in [2.24, 2.45) is 0 Å². The molecule has 0 radical (unpaired) electrons. The van der Waals surface area contributed by atoms with Crippen LogP contribution in [0.25, 0.3) is 0 Å². The summed E-state index contributed by atoms with van der Waals surface area (Å²) in [5, 5.41) is 1.06. The van der Waals surface area contributed by atoms with Gasteiger partial charge in [0, 0.05) is 18.5 Å². The smallest absolute Gasteiger partial charge is 0.0474 e. The van der Waals surface area contributed by atoms with Crippen LogP contribution in [0.2, 0.25) is 0 Å². The lowest BCUT2D eigenvalue weighted by molar-refractivity contribution is 0.131. The summed E-state index contributed by atoms with van der Waals surface area (Å²) in [7, 11) is 0. The van der Waals surface area contributed by atoms with Gasteiger partial charge in [0.2, 0.25) is 0 Å². The maximum absolute atomic E-state index is 5.49. The number of ether oxygens (including phenoxy) is 1. The molecule has 92 valence electrons. The zero-order chi connectivity index (χ0) is 11.2. The van der Waals surface area contributed by atoms with E-state index >= 15 is 0 Å². The standard InChI is InChI=1S/C13H27BrO/c1-2-3-4-5-6-7-8-9-12-15-13-10-11-14/h2-13H2,1H3. The van der Waals surface area contributed by atoms with E-state index in [1.54, 1.807) is 0 Å². The van der Waals surface area contributed by atoms with Gasteiger partial charge in [-0.15, -0.1) is 0 Å². The lowest BCUT2D eigenvalue weighted by Crippen LogP contribution is -1.97. The van der Waals surface area contributed by atoms with E-state index in [2.05, 4.69) is 22.9 Å². The van der Waals surface area contributed by atoms with Gasteiger partial charge in [-0.3, -0.25) is 0 Å². The van der Waals surface area contributed by atoms with Crippen molar-refractivity contribution in [2.45, 2.75) is 64.7 Å². The van der Waals surface area contributed by atoms with Crippen molar-refractivity contribution in [1.82, 2.24) is 0 Å². The zero-order valence-corrected chi connectivity index (χ0v) is 11.9. The summed E-state index contributed by atoms with van der Waals surface area (Å²) >= 11 is 3.39. The molecule has 0 aliphatic carbocycles. The number of hydrogen-bond donors (Lipinski definition) is 0. The Hall–Kier alpha value is 0.440. The maximum Gasteiger partial charge on any atom is 0.0474 e. The molecule has 0 spiro atoms. The molecular formula is C13H27BrO. The lowest BCUT2D eigenvalue weighted by atomic mass is 10.1. The third-order valence-corrected chi connectivity index (χ3v) is 3.13. The average Bonchev–Trinajstić information content (AvgIpc) is 2.26. The van der Waals surface area contributed by atoms with Crippen LogP contribution in [-0.2, 0) is 4.74 Å². The summed E-state index contributed by atoms with van der Waals surface area (Å²) in [5.74, 6) is 0. The topological polar surface area (TPSA) is 9.23 Å². The van der Waals surface area contributed by atoms with Gasteiger partial charge in [0.15, 0.2) is 0 Å². The third-order valence-electron chi connectivity index (χ3n) is 2.56. The molecule has 0 amide bonds. The highest BCUT2D eigenvalue weighted by Gasteiger charge is 1.92. The van der Waals surface area contributed by atoms with Crippen molar-refractivity contribution in [1.29, 1.82) is 0 Å². The van der Waals surface area contributed by atoms with Gasteiger partial charge in [-0.25, -0.2) is 0 Å². The molecular weight excluding hydrogens is 252 g/mol. The van der Waals surface area contributed by atoms with Crippen LogP contribution >= 0.6 is 15.9 Å². The van der Waals surface area contributed by atoms with E-state index in [1.807, 2.05) is 0 Å². The Morgan fingerprint density at radius 2 is 1.27 bits per heavy atom. The monoisotopic (exact) mass is 278 g/mol. The van der Waals surface area contributed by atoms with E-state index in [0.717, 1.165) is 25.0 Å². The van der Waals surface area contributed by atoms with Gasteiger partial charge in [0.25, 0.3) is 0 Å². The number of hydrogen-bond acceptors (Lipinski definition) is 1. The number of rotatable bonds is 12. The van der Waals surface area contributed by atoms with Crippen LogP contribution in [0.1, 0.15) is 64.7 Å². The second-order valence-electron chi connectivity index (χ2n) is 4.13. The first kappa shape index (κ1) is 15.4. The van der Waals surface area contributed by atoms with Gasteiger partial charge >= 0.3 is 0 Å². The molecule has 0 saturated carbocycles. The first-order valence-electron chi connectivity index (χ1n) is 6.55. The Morgan fingerprint density at radius 3 is 1.87 bits per heavy atom. The van der Waals surface area contributed by atoms with Crippen LogP contribution in [0, 0.1) is 0 Å². The van der Waals surface area contributed by atoms with E-state index in [-0.39, 0.29) is 0 Å². The van der Waals surface area contributed by atoms with Crippen LogP contribution in [0.4, 0.5) is 0 Å². The maximum atomic E-state index is 5.49. The molecule has 0 fully saturated rings. The molecule has 0 aromatic carbocycles. The van der Waals surface area contributed by atoms with Crippen LogP contribution in [0.15, 0.2) is 0 Å². The van der Waals surface area contributed by atoms with Crippen molar-refractivity contribution < 1.29 is 4.74 Å². The average molecular weight is 279 g/mol. The Labute approximate surface area is 104 Å². The molecule has 0 aromatic heterocycles. The predicted octanol–water partition coefficient (Wildman–Crippen LogP) is 4.93. The molecule has 2 heteroatoms. The van der Waals surface area contributed by atoms with Crippen molar-refractivity contribution >= 4 is 15.9 Å². The molecule has 0 saturated heterocycles. The summed E-state index contributed by atoms with van der Waals surface area (Å²) in [6, 6.07) is 0. The minimum atomic E-state index is 0.918.